The maximum absolute atomic E-state index is 5.34. The fraction of sp³-hybridized carbons (Fsp3) is 0. The Morgan fingerprint density at radius 3 is 1.37 bits per heavy atom. The predicted molar refractivity (Wildman–Crippen MR) is 250 cm³/mol. The summed E-state index contributed by atoms with van der Waals surface area (Å²) in [5.41, 5.74) is 10.3. The maximum Gasteiger partial charge on any atom is 0.160 e. The van der Waals surface area contributed by atoms with Crippen LogP contribution < -0.4 is 0 Å². The van der Waals surface area contributed by atoms with Gasteiger partial charge in [0.15, 0.2) is 5.82 Å². The zero-order valence-corrected chi connectivity index (χ0v) is 32.4. The van der Waals surface area contributed by atoms with Gasteiger partial charge in [0.1, 0.15) is 0 Å². The third-order valence-electron chi connectivity index (χ3n) is 11.8. The molecule has 3 aromatic heterocycles. The molecule has 0 radical (unpaired) electrons. The van der Waals surface area contributed by atoms with E-state index in [9.17, 15) is 0 Å². The highest BCUT2D eigenvalue weighted by molar-refractivity contribution is 6.25. The van der Waals surface area contributed by atoms with E-state index in [1.54, 1.807) is 0 Å². The highest BCUT2D eigenvalue weighted by atomic mass is 14.9. The van der Waals surface area contributed by atoms with Gasteiger partial charge in [0, 0.05) is 38.6 Å². The van der Waals surface area contributed by atoms with E-state index in [2.05, 4.69) is 188 Å². The van der Waals surface area contributed by atoms with Crippen molar-refractivity contribution in [2.75, 3.05) is 0 Å². The van der Waals surface area contributed by atoms with Crippen molar-refractivity contribution in [2.24, 2.45) is 0 Å². The Labute approximate surface area is 346 Å². The Balaban J connectivity index is 0.967. The molecule has 0 aliphatic rings. The SMILES string of the molecule is c1ccc(-c2cc(-c3ccc4ccccc4c3)nc(-c3cccc(-c4ccc5ccc6ccc(-c7ccc8c9ccccc9c9ccccc9c8c7)nc6c5n4)c3)n2)cc1. The number of benzene rings is 9. The standard InChI is InChI=1S/C56H34N4/c1-2-12-36(13-3-1)52-34-53(41-24-21-35-11-4-5-14-39(35)31-41)60-56(59-52)43-16-10-15-40(32-43)50-29-26-37-22-23-38-27-30-51(58-55(38)54(37)57-50)42-25-28-48-46-19-7-6-17-44(46)45-18-8-9-20-47(45)49(48)33-42/h1-34H. The first kappa shape index (κ1) is 34.0. The summed E-state index contributed by atoms with van der Waals surface area (Å²) in [6.45, 7) is 0. The molecule has 9 aromatic carbocycles. The molecule has 4 heteroatoms. The molecule has 4 nitrogen and oxygen atoms in total. The summed E-state index contributed by atoms with van der Waals surface area (Å²) in [6, 6.07) is 72.7. The number of hydrogen-bond donors (Lipinski definition) is 0. The quantitative estimate of drug-likeness (QED) is 0.164. The third kappa shape index (κ3) is 5.77. The lowest BCUT2D eigenvalue weighted by Gasteiger charge is -2.12. The van der Waals surface area contributed by atoms with Gasteiger partial charge in [0.05, 0.1) is 33.8 Å². The number of fused-ring (bicyclic) bond motifs is 10. The van der Waals surface area contributed by atoms with Crippen molar-refractivity contribution in [3.63, 3.8) is 0 Å². The highest BCUT2D eigenvalue weighted by Crippen LogP contribution is 2.38. The Kier molecular flexibility index (Phi) is 7.82. The summed E-state index contributed by atoms with van der Waals surface area (Å²) >= 11 is 0. The molecule has 0 aliphatic heterocycles. The second-order valence-electron chi connectivity index (χ2n) is 15.4. The number of pyridine rings is 2. The monoisotopic (exact) mass is 762 g/mol. The summed E-state index contributed by atoms with van der Waals surface area (Å²) in [4.78, 5) is 21.0. The summed E-state index contributed by atoms with van der Waals surface area (Å²) in [7, 11) is 0. The molecule has 0 bridgehead atoms. The van der Waals surface area contributed by atoms with Gasteiger partial charge in [-0.2, -0.15) is 0 Å². The predicted octanol–water partition coefficient (Wildman–Crippen LogP) is 14.5. The molecule has 0 aliphatic carbocycles. The Hall–Kier alpha value is -8.08. The van der Waals surface area contributed by atoms with E-state index in [0.29, 0.717) is 5.82 Å². The van der Waals surface area contributed by atoms with Crippen molar-refractivity contribution < 1.29 is 0 Å². The average molecular weight is 763 g/mol. The molecule has 0 amide bonds. The van der Waals surface area contributed by atoms with Crippen LogP contribution in [0.3, 0.4) is 0 Å². The first-order chi connectivity index (χ1) is 29.7. The number of nitrogens with zero attached hydrogens (tertiary/aromatic N) is 4. The van der Waals surface area contributed by atoms with Crippen LogP contribution in [0.25, 0.3) is 121 Å². The van der Waals surface area contributed by atoms with Crippen LogP contribution in [0.15, 0.2) is 206 Å². The van der Waals surface area contributed by atoms with Gasteiger partial charge in [-0.05, 0) is 79.5 Å². The smallest absolute Gasteiger partial charge is 0.160 e. The molecule has 0 atom stereocenters. The lowest BCUT2D eigenvalue weighted by molar-refractivity contribution is 1.18. The van der Waals surface area contributed by atoms with Crippen LogP contribution >= 0.6 is 0 Å². The Bertz CT molecular complexity index is 3630. The first-order valence-electron chi connectivity index (χ1n) is 20.3. The summed E-state index contributed by atoms with van der Waals surface area (Å²) in [6.07, 6.45) is 0. The molecule has 3 heterocycles. The van der Waals surface area contributed by atoms with Crippen molar-refractivity contribution in [1.82, 2.24) is 19.9 Å². The van der Waals surface area contributed by atoms with Crippen LogP contribution in [0.5, 0.6) is 0 Å². The van der Waals surface area contributed by atoms with Crippen LogP contribution in [-0.4, -0.2) is 19.9 Å². The maximum atomic E-state index is 5.34. The normalized spacial score (nSPS) is 11.7. The van der Waals surface area contributed by atoms with Gasteiger partial charge in [-0.1, -0.05) is 170 Å². The van der Waals surface area contributed by atoms with E-state index in [0.717, 1.165) is 72.4 Å². The van der Waals surface area contributed by atoms with Gasteiger partial charge >= 0.3 is 0 Å². The van der Waals surface area contributed by atoms with Gasteiger partial charge < -0.3 is 0 Å². The largest absolute Gasteiger partial charge is 0.245 e. The van der Waals surface area contributed by atoms with Crippen LogP contribution in [0.4, 0.5) is 0 Å². The molecule has 0 N–H and O–H groups in total. The van der Waals surface area contributed by atoms with Crippen LogP contribution in [-0.2, 0) is 0 Å². The fourth-order valence-electron chi connectivity index (χ4n) is 8.80. The molecule has 0 saturated carbocycles. The Morgan fingerprint density at radius 1 is 0.217 bits per heavy atom. The number of rotatable bonds is 5. The summed E-state index contributed by atoms with van der Waals surface area (Å²) in [5, 5.41) is 12.0. The summed E-state index contributed by atoms with van der Waals surface area (Å²) < 4.78 is 0. The molecule has 0 spiro atoms. The van der Waals surface area contributed by atoms with E-state index >= 15 is 0 Å². The zero-order valence-electron chi connectivity index (χ0n) is 32.4. The minimum absolute atomic E-state index is 0.662. The summed E-state index contributed by atoms with van der Waals surface area (Å²) in [5.74, 6) is 0.662. The minimum atomic E-state index is 0.662. The van der Waals surface area contributed by atoms with Crippen molar-refractivity contribution >= 4 is 64.9 Å². The van der Waals surface area contributed by atoms with E-state index in [4.69, 9.17) is 19.9 Å². The molecule has 0 fully saturated rings. The minimum Gasteiger partial charge on any atom is -0.245 e. The van der Waals surface area contributed by atoms with Crippen molar-refractivity contribution in [2.45, 2.75) is 0 Å². The molecule has 0 unspecified atom stereocenters. The lowest BCUT2D eigenvalue weighted by atomic mass is 9.93. The van der Waals surface area contributed by atoms with Crippen molar-refractivity contribution in [3.05, 3.63) is 206 Å². The topological polar surface area (TPSA) is 51.6 Å². The van der Waals surface area contributed by atoms with E-state index < -0.39 is 0 Å². The van der Waals surface area contributed by atoms with Gasteiger partial charge in [0.25, 0.3) is 0 Å². The molecule has 60 heavy (non-hydrogen) atoms. The zero-order chi connectivity index (χ0) is 39.6. The average Bonchev–Trinajstić information content (AvgIpc) is 3.33. The van der Waals surface area contributed by atoms with Gasteiger partial charge in [0.2, 0.25) is 0 Å². The molecular formula is C56H34N4. The van der Waals surface area contributed by atoms with E-state index in [1.807, 2.05) is 18.2 Å². The molecule has 12 aromatic rings. The van der Waals surface area contributed by atoms with E-state index in [-0.39, 0.29) is 0 Å². The van der Waals surface area contributed by atoms with Crippen LogP contribution in [0, 0.1) is 0 Å². The molecular weight excluding hydrogens is 729 g/mol. The lowest BCUT2D eigenvalue weighted by Crippen LogP contribution is -1.96. The highest BCUT2D eigenvalue weighted by Gasteiger charge is 2.15. The second kappa shape index (κ2) is 13.8. The van der Waals surface area contributed by atoms with Gasteiger partial charge in [-0.3, -0.25) is 0 Å². The van der Waals surface area contributed by atoms with Gasteiger partial charge in [-0.15, -0.1) is 0 Å². The molecule has 278 valence electrons. The fourth-order valence-corrected chi connectivity index (χ4v) is 8.80. The second-order valence-corrected chi connectivity index (χ2v) is 15.4. The van der Waals surface area contributed by atoms with Crippen LogP contribution in [0.1, 0.15) is 0 Å². The molecule has 0 saturated heterocycles. The van der Waals surface area contributed by atoms with Crippen LogP contribution in [0.2, 0.25) is 0 Å². The number of hydrogen-bond acceptors (Lipinski definition) is 4. The first-order valence-corrected chi connectivity index (χ1v) is 20.3. The van der Waals surface area contributed by atoms with Crippen molar-refractivity contribution in [1.29, 1.82) is 0 Å². The number of aromatic nitrogens is 4. The van der Waals surface area contributed by atoms with E-state index in [1.165, 1.54) is 43.1 Å². The molecule has 12 rings (SSSR count). The van der Waals surface area contributed by atoms with Gasteiger partial charge in [-0.25, -0.2) is 19.9 Å². The Morgan fingerprint density at radius 2 is 0.683 bits per heavy atom. The van der Waals surface area contributed by atoms with Crippen molar-refractivity contribution in [3.8, 4) is 56.4 Å². The third-order valence-corrected chi connectivity index (χ3v) is 11.8.